The smallest absolute Gasteiger partial charge is 0.342 e. The average Bonchev–Trinajstić information content (AvgIpc) is 3.03. The second-order valence-corrected chi connectivity index (χ2v) is 6.77. The molecule has 0 amide bonds. The van der Waals surface area contributed by atoms with Crippen LogP contribution in [0.25, 0.3) is 21.7 Å². The maximum atomic E-state index is 12.9. The van der Waals surface area contributed by atoms with Gasteiger partial charge in [0.05, 0.1) is 0 Å². The normalized spacial score (nSPS) is 12.2. The van der Waals surface area contributed by atoms with E-state index in [1.165, 1.54) is 6.07 Å². The average molecular weight is 373 g/mol. The summed E-state index contributed by atoms with van der Waals surface area (Å²) in [4.78, 5) is 28.7. The van der Waals surface area contributed by atoms with E-state index < -0.39 is 12.1 Å². The molecule has 0 bridgehead atoms. The molecule has 2 N–H and O–H groups in total. The number of phenolic OH excluding ortho intramolecular Hbond substituents is 1. The van der Waals surface area contributed by atoms with Gasteiger partial charge in [-0.05, 0) is 31.4 Å². The molecular formula is C23H19NO4. The number of aromatic nitrogens is 1. The summed E-state index contributed by atoms with van der Waals surface area (Å²) in [5, 5.41) is 12.6. The van der Waals surface area contributed by atoms with Crippen molar-refractivity contribution >= 4 is 33.4 Å². The predicted molar refractivity (Wildman–Crippen MR) is 108 cm³/mol. The molecule has 0 saturated carbocycles. The summed E-state index contributed by atoms with van der Waals surface area (Å²) in [7, 11) is 0. The van der Waals surface area contributed by atoms with E-state index in [-0.39, 0.29) is 17.1 Å². The van der Waals surface area contributed by atoms with Gasteiger partial charge in [0, 0.05) is 27.5 Å². The topological polar surface area (TPSA) is 79.4 Å². The second-order valence-electron chi connectivity index (χ2n) is 6.77. The van der Waals surface area contributed by atoms with Gasteiger partial charge < -0.3 is 14.8 Å². The van der Waals surface area contributed by atoms with Crippen molar-refractivity contribution in [3.63, 3.8) is 0 Å². The van der Waals surface area contributed by atoms with Crippen LogP contribution in [0.3, 0.4) is 0 Å². The Balaban J connectivity index is 1.62. The van der Waals surface area contributed by atoms with E-state index >= 15 is 0 Å². The Kier molecular flexibility index (Phi) is 4.35. The molecule has 28 heavy (non-hydrogen) atoms. The lowest BCUT2D eigenvalue weighted by Crippen LogP contribution is -2.25. The van der Waals surface area contributed by atoms with Crippen molar-refractivity contribution in [1.29, 1.82) is 0 Å². The standard InChI is InChI=1S/C23H19NO4/c1-13-20(17-9-5-6-10-19(17)24-13)21(25)14(2)28-23(27)18-12-11-15-7-3-4-8-16(15)22(18)26/h3-12,14,24,26H,1-2H3/t14-/m0/s1. The minimum atomic E-state index is -0.990. The maximum absolute atomic E-state index is 12.9. The Labute approximate surface area is 161 Å². The van der Waals surface area contributed by atoms with Crippen LogP contribution in [0.2, 0.25) is 0 Å². The third-order valence-electron chi connectivity index (χ3n) is 4.91. The molecule has 5 heteroatoms. The number of carbonyl (C=O) groups is 2. The number of aryl methyl sites for hydroxylation is 1. The fraction of sp³-hybridized carbons (Fsp3) is 0.130. The zero-order valence-corrected chi connectivity index (χ0v) is 15.5. The molecule has 140 valence electrons. The number of hydrogen-bond acceptors (Lipinski definition) is 4. The lowest BCUT2D eigenvalue weighted by atomic mass is 10.0. The summed E-state index contributed by atoms with van der Waals surface area (Å²) in [6.07, 6.45) is -0.990. The zero-order chi connectivity index (χ0) is 19.8. The van der Waals surface area contributed by atoms with Crippen molar-refractivity contribution < 1.29 is 19.4 Å². The SMILES string of the molecule is Cc1[nH]c2ccccc2c1C(=O)[C@H](C)OC(=O)c1ccc2ccccc2c1O. The number of phenols is 1. The number of esters is 1. The van der Waals surface area contributed by atoms with Crippen molar-refractivity contribution in [3.8, 4) is 5.75 Å². The highest BCUT2D eigenvalue weighted by molar-refractivity contribution is 6.12. The van der Waals surface area contributed by atoms with Crippen molar-refractivity contribution in [1.82, 2.24) is 4.98 Å². The molecule has 0 unspecified atom stereocenters. The van der Waals surface area contributed by atoms with E-state index in [4.69, 9.17) is 4.74 Å². The van der Waals surface area contributed by atoms with Gasteiger partial charge in [0.25, 0.3) is 0 Å². The van der Waals surface area contributed by atoms with Crippen LogP contribution in [-0.2, 0) is 4.74 Å². The van der Waals surface area contributed by atoms with Crippen LogP contribution in [0.15, 0.2) is 60.7 Å². The number of carbonyl (C=O) groups excluding carboxylic acids is 2. The van der Waals surface area contributed by atoms with Gasteiger partial charge in [-0.3, -0.25) is 4.79 Å². The monoisotopic (exact) mass is 373 g/mol. The summed E-state index contributed by atoms with van der Waals surface area (Å²) in [5.74, 6) is -1.17. The molecule has 5 nitrogen and oxygen atoms in total. The number of aromatic hydroxyl groups is 1. The molecule has 4 aromatic rings. The minimum absolute atomic E-state index is 0.0361. The number of para-hydroxylation sites is 1. The van der Waals surface area contributed by atoms with Gasteiger partial charge in [0.1, 0.15) is 11.3 Å². The van der Waals surface area contributed by atoms with Gasteiger partial charge in [-0.25, -0.2) is 4.79 Å². The van der Waals surface area contributed by atoms with E-state index in [0.29, 0.717) is 10.9 Å². The molecule has 0 aliphatic carbocycles. The van der Waals surface area contributed by atoms with Gasteiger partial charge in [-0.1, -0.05) is 48.5 Å². The van der Waals surface area contributed by atoms with Crippen LogP contribution in [0.5, 0.6) is 5.75 Å². The Morgan fingerprint density at radius 1 is 0.964 bits per heavy atom. The molecule has 1 atom stereocenters. The minimum Gasteiger partial charge on any atom is -0.506 e. The summed E-state index contributed by atoms with van der Waals surface area (Å²) < 4.78 is 5.39. The van der Waals surface area contributed by atoms with Gasteiger partial charge in [-0.15, -0.1) is 0 Å². The third kappa shape index (κ3) is 2.91. The molecule has 0 saturated heterocycles. The summed E-state index contributed by atoms with van der Waals surface area (Å²) in [6.45, 7) is 3.36. The molecule has 3 aromatic carbocycles. The molecule has 4 rings (SSSR count). The molecule has 1 aromatic heterocycles. The first-order chi connectivity index (χ1) is 13.5. The summed E-state index contributed by atoms with van der Waals surface area (Å²) in [5.41, 5.74) is 2.13. The van der Waals surface area contributed by atoms with Crippen molar-refractivity contribution in [3.05, 3.63) is 77.5 Å². The molecule has 0 spiro atoms. The quantitative estimate of drug-likeness (QED) is 0.399. The van der Waals surface area contributed by atoms with E-state index in [9.17, 15) is 14.7 Å². The first-order valence-corrected chi connectivity index (χ1v) is 9.00. The predicted octanol–water partition coefficient (Wildman–Crippen LogP) is 4.76. The number of ether oxygens (including phenoxy) is 1. The highest BCUT2D eigenvalue weighted by Gasteiger charge is 2.26. The number of H-pyrrole nitrogens is 1. The van der Waals surface area contributed by atoms with Crippen LogP contribution in [-0.4, -0.2) is 27.9 Å². The maximum Gasteiger partial charge on any atom is 0.342 e. The lowest BCUT2D eigenvalue weighted by Gasteiger charge is -2.14. The number of ketones is 1. The van der Waals surface area contributed by atoms with Crippen LogP contribution >= 0.6 is 0 Å². The largest absolute Gasteiger partial charge is 0.506 e. The van der Waals surface area contributed by atoms with Crippen LogP contribution < -0.4 is 0 Å². The number of nitrogens with one attached hydrogen (secondary N) is 1. The number of fused-ring (bicyclic) bond motifs is 2. The number of rotatable bonds is 4. The Morgan fingerprint density at radius 2 is 1.64 bits per heavy atom. The van der Waals surface area contributed by atoms with E-state index in [1.54, 1.807) is 25.1 Å². The molecule has 0 radical (unpaired) electrons. The number of benzene rings is 3. The van der Waals surface area contributed by atoms with Gasteiger partial charge in [-0.2, -0.15) is 0 Å². The Bertz CT molecular complexity index is 1220. The van der Waals surface area contributed by atoms with Crippen LogP contribution in [0.4, 0.5) is 0 Å². The van der Waals surface area contributed by atoms with Crippen molar-refractivity contribution in [2.75, 3.05) is 0 Å². The van der Waals surface area contributed by atoms with E-state index in [0.717, 1.165) is 22.0 Å². The fourth-order valence-electron chi connectivity index (χ4n) is 3.49. The zero-order valence-electron chi connectivity index (χ0n) is 15.5. The van der Waals surface area contributed by atoms with E-state index in [1.807, 2.05) is 43.3 Å². The number of Topliss-reactive ketones (excluding diaryl/α,β-unsaturated/α-hetero) is 1. The molecule has 0 aliphatic heterocycles. The van der Waals surface area contributed by atoms with Gasteiger partial charge in [0.15, 0.2) is 6.10 Å². The summed E-state index contributed by atoms with van der Waals surface area (Å²) in [6, 6.07) is 17.9. The number of hydrogen-bond donors (Lipinski definition) is 2. The highest BCUT2D eigenvalue weighted by Crippen LogP contribution is 2.30. The molecule has 0 aliphatic rings. The molecule has 1 heterocycles. The van der Waals surface area contributed by atoms with Gasteiger partial charge >= 0.3 is 5.97 Å². The van der Waals surface area contributed by atoms with Crippen LogP contribution in [0.1, 0.15) is 33.3 Å². The highest BCUT2D eigenvalue weighted by atomic mass is 16.5. The number of aromatic amines is 1. The first-order valence-electron chi connectivity index (χ1n) is 9.00. The third-order valence-corrected chi connectivity index (χ3v) is 4.91. The first kappa shape index (κ1) is 17.8. The fourth-order valence-corrected chi connectivity index (χ4v) is 3.49. The second kappa shape index (κ2) is 6.85. The van der Waals surface area contributed by atoms with Crippen LogP contribution in [0, 0.1) is 6.92 Å². The lowest BCUT2D eigenvalue weighted by molar-refractivity contribution is 0.0316. The van der Waals surface area contributed by atoms with Gasteiger partial charge in [0.2, 0.25) is 5.78 Å². The van der Waals surface area contributed by atoms with Crippen molar-refractivity contribution in [2.45, 2.75) is 20.0 Å². The Hall–Kier alpha value is -3.60. The van der Waals surface area contributed by atoms with Crippen molar-refractivity contribution in [2.24, 2.45) is 0 Å². The Morgan fingerprint density at radius 3 is 2.43 bits per heavy atom. The molecule has 0 fully saturated rings. The summed E-state index contributed by atoms with van der Waals surface area (Å²) >= 11 is 0. The van der Waals surface area contributed by atoms with E-state index in [2.05, 4.69) is 4.98 Å². The molecular weight excluding hydrogens is 354 g/mol.